The predicted molar refractivity (Wildman–Crippen MR) is 85.1 cm³/mol. The third-order valence-electron chi connectivity index (χ3n) is 3.18. The molecule has 3 aromatic rings. The Morgan fingerprint density at radius 2 is 1.61 bits per heavy atom. The van der Waals surface area contributed by atoms with Crippen molar-refractivity contribution in [2.45, 2.75) is 11.3 Å². The highest BCUT2D eigenvalue weighted by Gasteiger charge is 2.14. The molecule has 0 radical (unpaired) electrons. The highest BCUT2D eigenvalue weighted by atomic mass is 32.2. The van der Waals surface area contributed by atoms with E-state index in [1.165, 1.54) is 0 Å². The topological polar surface area (TPSA) is 85.1 Å². The summed E-state index contributed by atoms with van der Waals surface area (Å²) in [6.07, 6.45) is 0.325. The molecule has 0 spiro atoms. The molecule has 6 nitrogen and oxygen atoms in total. The fraction of sp³-hybridized carbons (Fsp3) is 0.125. The summed E-state index contributed by atoms with van der Waals surface area (Å²) in [5.74, 6) is 0.881. The zero-order valence-electron chi connectivity index (χ0n) is 12.2. The van der Waals surface area contributed by atoms with Gasteiger partial charge in [0.1, 0.15) is 0 Å². The zero-order chi connectivity index (χ0) is 16.1. The van der Waals surface area contributed by atoms with Crippen molar-refractivity contribution in [2.75, 3.05) is 6.54 Å². The highest BCUT2D eigenvalue weighted by molar-refractivity contribution is 7.89. The number of aromatic nitrogens is 2. The van der Waals surface area contributed by atoms with Crippen molar-refractivity contribution in [2.24, 2.45) is 0 Å². The van der Waals surface area contributed by atoms with Crippen molar-refractivity contribution < 1.29 is 12.9 Å². The van der Waals surface area contributed by atoms with Crippen LogP contribution in [0.4, 0.5) is 0 Å². The Morgan fingerprint density at radius 3 is 2.30 bits per heavy atom. The average Bonchev–Trinajstić information content (AvgIpc) is 3.05. The SMILES string of the molecule is O=S(=O)(NCCc1nc(-c2ccccc2)no1)c1ccccc1. The summed E-state index contributed by atoms with van der Waals surface area (Å²) in [7, 11) is -3.52. The maximum atomic E-state index is 12.1. The van der Waals surface area contributed by atoms with Crippen molar-refractivity contribution in [3.8, 4) is 11.4 Å². The minimum Gasteiger partial charge on any atom is -0.339 e. The van der Waals surface area contributed by atoms with E-state index in [0.717, 1.165) is 5.56 Å². The van der Waals surface area contributed by atoms with Gasteiger partial charge in [0.15, 0.2) is 0 Å². The fourth-order valence-electron chi connectivity index (χ4n) is 2.04. The molecule has 0 aliphatic carbocycles. The van der Waals surface area contributed by atoms with Gasteiger partial charge in [-0.25, -0.2) is 13.1 Å². The number of benzene rings is 2. The van der Waals surface area contributed by atoms with Gasteiger partial charge in [-0.1, -0.05) is 53.7 Å². The maximum absolute atomic E-state index is 12.1. The molecule has 7 heteroatoms. The van der Waals surface area contributed by atoms with Crippen LogP contribution in [0.25, 0.3) is 11.4 Å². The monoisotopic (exact) mass is 329 g/mol. The van der Waals surface area contributed by atoms with Gasteiger partial charge in [0.05, 0.1) is 4.90 Å². The standard InChI is InChI=1S/C16H15N3O3S/c20-23(21,14-9-5-2-6-10-14)17-12-11-15-18-16(19-22-15)13-7-3-1-4-8-13/h1-10,17H,11-12H2. The quantitative estimate of drug-likeness (QED) is 0.750. The Morgan fingerprint density at radius 1 is 0.957 bits per heavy atom. The van der Waals surface area contributed by atoms with E-state index >= 15 is 0 Å². The average molecular weight is 329 g/mol. The van der Waals surface area contributed by atoms with Crippen LogP contribution in [0, 0.1) is 0 Å². The maximum Gasteiger partial charge on any atom is 0.240 e. The van der Waals surface area contributed by atoms with E-state index in [0.29, 0.717) is 18.1 Å². The molecule has 0 bridgehead atoms. The van der Waals surface area contributed by atoms with Gasteiger partial charge in [0.25, 0.3) is 0 Å². The summed E-state index contributed by atoms with van der Waals surface area (Å²) >= 11 is 0. The van der Waals surface area contributed by atoms with Crippen molar-refractivity contribution in [1.29, 1.82) is 0 Å². The zero-order valence-corrected chi connectivity index (χ0v) is 13.0. The summed E-state index contributed by atoms with van der Waals surface area (Å²) in [6.45, 7) is 0.188. The molecule has 0 aliphatic heterocycles. The van der Waals surface area contributed by atoms with Gasteiger partial charge < -0.3 is 4.52 Å². The Kier molecular flexibility index (Phi) is 4.50. The summed E-state index contributed by atoms with van der Waals surface area (Å²) in [6, 6.07) is 17.7. The normalized spacial score (nSPS) is 11.5. The number of sulfonamides is 1. The first-order valence-electron chi connectivity index (χ1n) is 7.08. The van der Waals surface area contributed by atoms with Crippen LogP contribution in [0.3, 0.4) is 0 Å². The minimum atomic E-state index is -3.52. The van der Waals surface area contributed by atoms with Gasteiger partial charge in [-0.15, -0.1) is 0 Å². The molecular weight excluding hydrogens is 314 g/mol. The molecule has 0 unspecified atom stereocenters. The van der Waals surface area contributed by atoms with E-state index in [1.54, 1.807) is 30.3 Å². The number of nitrogens with one attached hydrogen (secondary N) is 1. The Labute approximate surface area is 134 Å². The molecule has 118 valence electrons. The third-order valence-corrected chi connectivity index (χ3v) is 4.66. The summed E-state index contributed by atoms with van der Waals surface area (Å²) in [5.41, 5.74) is 0.854. The van der Waals surface area contributed by atoms with Gasteiger partial charge in [0.2, 0.25) is 21.7 Å². The molecule has 1 N–H and O–H groups in total. The molecule has 3 rings (SSSR count). The van der Waals surface area contributed by atoms with Gasteiger partial charge in [-0.3, -0.25) is 0 Å². The molecule has 2 aromatic carbocycles. The van der Waals surface area contributed by atoms with E-state index in [1.807, 2.05) is 30.3 Å². The van der Waals surface area contributed by atoms with E-state index < -0.39 is 10.0 Å². The number of hydrogen-bond acceptors (Lipinski definition) is 5. The van der Waals surface area contributed by atoms with Crippen LogP contribution >= 0.6 is 0 Å². The van der Waals surface area contributed by atoms with Gasteiger partial charge in [0, 0.05) is 18.5 Å². The Balaban J connectivity index is 1.61. The highest BCUT2D eigenvalue weighted by Crippen LogP contribution is 2.15. The van der Waals surface area contributed by atoms with Crippen LogP contribution in [0.1, 0.15) is 5.89 Å². The van der Waals surface area contributed by atoms with Crippen LogP contribution in [-0.2, 0) is 16.4 Å². The van der Waals surface area contributed by atoms with E-state index in [2.05, 4.69) is 14.9 Å². The van der Waals surface area contributed by atoms with Gasteiger partial charge in [-0.2, -0.15) is 4.98 Å². The molecule has 0 saturated carbocycles. The largest absolute Gasteiger partial charge is 0.339 e. The lowest BCUT2D eigenvalue weighted by Crippen LogP contribution is -2.26. The van der Waals surface area contributed by atoms with Crippen LogP contribution in [0.15, 0.2) is 70.1 Å². The Hall–Kier alpha value is -2.51. The second kappa shape index (κ2) is 6.72. The van der Waals surface area contributed by atoms with Crippen molar-refractivity contribution in [3.05, 3.63) is 66.6 Å². The Bertz CT molecular complexity index is 862. The van der Waals surface area contributed by atoms with Crippen LogP contribution in [0.2, 0.25) is 0 Å². The van der Waals surface area contributed by atoms with Gasteiger partial charge >= 0.3 is 0 Å². The molecule has 0 saturated heterocycles. The van der Waals surface area contributed by atoms with Crippen LogP contribution in [-0.4, -0.2) is 25.1 Å². The molecular formula is C16H15N3O3S. The smallest absolute Gasteiger partial charge is 0.240 e. The molecule has 1 aromatic heterocycles. The first kappa shape index (κ1) is 15.4. The lowest BCUT2D eigenvalue weighted by Gasteiger charge is -2.04. The van der Waals surface area contributed by atoms with E-state index in [4.69, 9.17) is 4.52 Å². The number of rotatable bonds is 6. The molecule has 1 heterocycles. The van der Waals surface area contributed by atoms with E-state index in [9.17, 15) is 8.42 Å². The molecule has 0 fully saturated rings. The molecule has 0 aliphatic rings. The number of nitrogens with zero attached hydrogens (tertiary/aromatic N) is 2. The lowest BCUT2D eigenvalue weighted by molar-refractivity contribution is 0.379. The first-order chi connectivity index (χ1) is 11.1. The van der Waals surface area contributed by atoms with Crippen molar-refractivity contribution in [1.82, 2.24) is 14.9 Å². The fourth-order valence-corrected chi connectivity index (χ4v) is 3.09. The van der Waals surface area contributed by atoms with E-state index in [-0.39, 0.29) is 11.4 Å². The number of hydrogen-bond donors (Lipinski definition) is 1. The lowest BCUT2D eigenvalue weighted by atomic mass is 10.2. The summed E-state index contributed by atoms with van der Waals surface area (Å²) in [5, 5.41) is 3.90. The first-order valence-corrected chi connectivity index (χ1v) is 8.56. The molecule has 0 atom stereocenters. The predicted octanol–water partition coefficient (Wildman–Crippen LogP) is 2.26. The molecule has 23 heavy (non-hydrogen) atoms. The second-order valence-electron chi connectivity index (χ2n) is 4.84. The third kappa shape index (κ3) is 3.82. The second-order valence-corrected chi connectivity index (χ2v) is 6.61. The van der Waals surface area contributed by atoms with Crippen LogP contribution in [0.5, 0.6) is 0 Å². The van der Waals surface area contributed by atoms with Crippen molar-refractivity contribution in [3.63, 3.8) is 0 Å². The van der Waals surface area contributed by atoms with Crippen molar-refractivity contribution >= 4 is 10.0 Å². The minimum absolute atomic E-state index is 0.188. The molecule has 0 amide bonds. The van der Waals surface area contributed by atoms with Gasteiger partial charge in [-0.05, 0) is 12.1 Å². The van der Waals surface area contributed by atoms with Crippen LogP contribution < -0.4 is 4.72 Å². The summed E-state index contributed by atoms with van der Waals surface area (Å²) in [4.78, 5) is 4.49. The summed E-state index contributed by atoms with van der Waals surface area (Å²) < 4.78 is 31.8.